The van der Waals surface area contributed by atoms with E-state index in [0.29, 0.717) is 21.2 Å². The van der Waals surface area contributed by atoms with Crippen LogP contribution in [0.3, 0.4) is 0 Å². The number of rotatable bonds is 0. The molecule has 0 spiro atoms. The molecule has 0 saturated heterocycles. The van der Waals surface area contributed by atoms with Gasteiger partial charge in [-0.3, -0.25) is 5.21 Å². The quantitative estimate of drug-likeness (QED) is 0.587. The molecular formula is C8H6ClNO2. The van der Waals surface area contributed by atoms with E-state index in [0.717, 1.165) is 5.39 Å². The minimum Gasteiger partial charge on any atom is -0.365 e. The largest absolute Gasteiger partial charge is 0.365 e. The Hall–Kier alpha value is -1.22. The van der Waals surface area contributed by atoms with Gasteiger partial charge in [0.1, 0.15) is 5.58 Å². The first-order chi connectivity index (χ1) is 5.70. The van der Waals surface area contributed by atoms with Crippen LogP contribution in [0.25, 0.3) is 11.0 Å². The molecule has 0 aliphatic heterocycles. The SMILES string of the molecule is Cc1c2cccc(Cl)c2o[n+]1[O-]. The van der Waals surface area contributed by atoms with Gasteiger partial charge >= 0.3 is 0 Å². The van der Waals surface area contributed by atoms with Gasteiger partial charge in [-0.15, -0.1) is 0 Å². The van der Waals surface area contributed by atoms with Gasteiger partial charge in [-0.2, -0.15) is 0 Å². The van der Waals surface area contributed by atoms with Crippen LogP contribution < -0.4 is 4.90 Å². The average Bonchev–Trinajstić information content (AvgIpc) is 2.32. The Labute approximate surface area is 73.7 Å². The maximum atomic E-state index is 11.0. The summed E-state index contributed by atoms with van der Waals surface area (Å²) < 4.78 is 4.86. The fraction of sp³-hybridized carbons (Fsp3) is 0.125. The van der Waals surface area contributed by atoms with Crippen molar-refractivity contribution in [1.82, 2.24) is 0 Å². The van der Waals surface area contributed by atoms with Crippen LogP contribution in [0.4, 0.5) is 0 Å². The lowest BCUT2D eigenvalue weighted by Gasteiger charge is -1.89. The molecule has 1 aromatic heterocycles. The lowest BCUT2D eigenvalue weighted by Crippen LogP contribution is -2.25. The van der Waals surface area contributed by atoms with Crippen molar-refractivity contribution in [2.75, 3.05) is 0 Å². The Morgan fingerprint density at radius 2 is 2.25 bits per heavy atom. The molecular weight excluding hydrogens is 178 g/mol. The number of fused-ring (bicyclic) bond motifs is 1. The monoisotopic (exact) mass is 183 g/mol. The number of halogens is 1. The molecule has 0 N–H and O–H groups in total. The molecule has 0 amide bonds. The summed E-state index contributed by atoms with van der Waals surface area (Å²) in [6, 6.07) is 5.27. The Morgan fingerprint density at radius 1 is 1.50 bits per heavy atom. The standard InChI is InChI=1S/C8H6ClNO2/c1-5-6-3-2-4-7(9)8(6)12-10(5)11/h2-4H,1H3. The maximum Gasteiger partial charge on any atom is 0.250 e. The molecule has 0 aliphatic carbocycles. The molecule has 0 aliphatic rings. The van der Waals surface area contributed by atoms with Crippen molar-refractivity contribution >= 4 is 22.6 Å². The van der Waals surface area contributed by atoms with Crippen molar-refractivity contribution in [1.29, 1.82) is 0 Å². The fourth-order valence-corrected chi connectivity index (χ4v) is 1.35. The number of aryl methyl sites for hydroxylation is 1. The van der Waals surface area contributed by atoms with E-state index in [1.165, 1.54) is 0 Å². The predicted octanol–water partition coefficient (Wildman–Crippen LogP) is 2.03. The zero-order chi connectivity index (χ0) is 8.72. The Morgan fingerprint density at radius 3 is 2.92 bits per heavy atom. The maximum absolute atomic E-state index is 11.0. The molecule has 3 nitrogen and oxygen atoms in total. The molecule has 12 heavy (non-hydrogen) atoms. The summed E-state index contributed by atoms with van der Waals surface area (Å²) >= 11 is 5.80. The highest BCUT2D eigenvalue weighted by Crippen LogP contribution is 2.23. The van der Waals surface area contributed by atoms with Crippen molar-refractivity contribution in [2.45, 2.75) is 6.92 Å². The lowest BCUT2D eigenvalue weighted by atomic mass is 10.2. The highest BCUT2D eigenvalue weighted by atomic mass is 35.5. The second kappa shape index (κ2) is 2.38. The summed E-state index contributed by atoms with van der Waals surface area (Å²) in [5.74, 6) is 0. The second-order valence-electron chi connectivity index (χ2n) is 2.55. The zero-order valence-electron chi connectivity index (χ0n) is 6.37. The van der Waals surface area contributed by atoms with Crippen molar-refractivity contribution in [3.05, 3.63) is 34.1 Å². The average molecular weight is 184 g/mol. The molecule has 1 heterocycles. The Kier molecular flexibility index (Phi) is 1.48. The third kappa shape index (κ3) is 0.865. The summed E-state index contributed by atoms with van der Waals surface area (Å²) in [6.45, 7) is 1.69. The van der Waals surface area contributed by atoms with E-state index in [4.69, 9.17) is 16.1 Å². The van der Waals surface area contributed by atoms with Crippen LogP contribution in [0.15, 0.2) is 22.7 Å². The highest BCUT2D eigenvalue weighted by molar-refractivity contribution is 6.34. The van der Waals surface area contributed by atoms with Gasteiger partial charge in [-0.05, 0) is 12.1 Å². The van der Waals surface area contributed by atoms with Crippen molar-refractivity contribution in [2.24, 2.45) is 0 Å². The molecule has 0 bridgehead atoms. The third-order valence-electron chi connectivity index (χ3n) is 1.80. The molecule has 4 heteroatoms. The summed E-state index contributed by atoms with van der Waals surface area (Å²) in [5, 5.41) is 12.2. The molecule has 0 unspecified atom stereocenters. The van der Waals surface area contributed by atoms with Crippen LogP contribution in [0.2, 0.25) is 5.02 Å². The molecule has 0 radical (unpaired) electrons. The van der Waals surface area contributed by atoms with Crippen molar-refractivity contribution < 1.29 is 9.43 Å². The summed E-state index contributed by atoms with van der Waals surface area (Å²) in [5.41, 5.74) is 0.985. The first-order valence-corrected chi connectivity index (χ1v) is 3.85. The molecule has 2 rings (SSSR count). The molecule has 0 saturated carbocycles. The Bertz CT molecular complexity index is 436. The van der Waals surface area contributed by atoms with Crippen molar-refractivity contribution in [3.8, 4) is 0 Å². The predicted molar refractivity (Wildman–Crippen MR) is 44.9 cm³/mol. The fourth-order valence-electron chi connectivity index (χ4n) is 1.14. The van der Waals surface area contributed by atoms with E-state index in [9.17, 15) is 5.21 Å². The van der Waals surface area contributed by atoms with E-state index in [2.05, 4.69) is 0 Å². The number of para-hydroxylation sites is 1. The van der Waals surface area contributed by atoms with Crippen molar-refractivity contribution in [3.63, 3.8) is 0 Å². The van der Waals surface area contributed by atoms with Gasteiger partial charge in [0.05, 0.1) is 10.4 Å². The smallest absolute Gasteiger partial charge is 0.250 e. The number of hydrogen-bond donors (Lipinski definition) is 0. The Balaban J connectivity index is 2.95. The normalized spacial score (nSPS) is 10.8. The summed E-state index contributed by atoms with van der Waals surface area (Å²) in [4.78, 5) is 0.469. The van der Waals surface area contributed by atoms with Gasteiger partial charge in [0, 0.05) is 11.8 Å². The van der Waals surface area contributed by atoms with Crippen LogP contribution >= 0.6 is 11.6 Å². The summed E-state index contributed by atoms with van der Waals surface area (Å²) in [7, 11) is 0. The van der Waals surface area contributed by atoms with E-state index in [1.54, 1.807) is 25.1 Å². The van der Waals surface area contributed by atoms with Crippen LogP contribution in [0, 0.1) is 12.1 Å². The number of hydrogen-bond acceptors (Lipinski definition) is 2. The molecule has 1 aromatic carbocycles. The van der Waals surface area contributed by atoms with E-state index < -0.39 is 0 Å². The molecule has 0 fully saturated rings. The molecule has 2 aromatic rings. The van der Waals surface area contributed by atoms with Gasteiger partial charge < -0.3 is 4.52 Å². The van der Waals surface area contributed by atoms with Crippen LogP contribution in [-0.4, -0.2) is 0 Å². The minimum absolute atomic E-state index is 0.451. The van der Waals surface area contributed by atoms with Crippen LogP contribution in [0.5, 0.6) is 0 Å². The van der Waals surface area contributed by atoms with E-state index >= 15 is 0 Å². The number of benzene rings is 1. The summed E-state index contributed by atoms with van der Waals surface area (Å²) in [6.07, 6.45) is 0. The molecule has 0 atom stereocenters. The van der Waals surface area contributed by atoms with E-state index in [1.807, 2.05) is 0 Å². The second-order valence-corrected chi connectivity index (χ2v) is 2.96. The lowest BCUT2D eigenvalue weighted by molar-refractivity contribution is -0.792. The first kappa shape index (κ1) is 7.43. The number of nitrogens with zero attached hydrogens (tertiary/aromatic N) is 1. The van der Waals surface area contributed by atoms with Gasteiger partial charge in [-0.25, -0.2) is 0 Å². The third-order valence-corrected chi connectivity index (χ3v) is 2.10. The van der Waals surface area contributed by atoms with Gasteiger partial charge in [0.2, 0.25) is 0 Å². The number of aromatic nitrogens is 1. The highest BCUT2D eigenvalue weighted by Gasteiger charge is 2.12. The van der Waals surface area contributed by atoms with Gasteiger partial charge in [0.25, 0.3) is 5.69 Å². The van der Waals surface area contributed by atoms with Crippen LogP contribution in [-0.2, 0) is 0 Å². The van der Waals surface area contributed by atoms with Crippen LogP contribution in [0.1, 0.15) is 5.69 Å². The first-order valence-electron chi connectivity index (χ1n) is 3.48. The molecule has 62 valence electrons. The zero-order valence-corrected chi connectivity index (χ0v) is 7.13. The van der Waals surface area contributed by atoms with E-state index in [-0.39, 0.29) is 0 Å². The topological polar surface area (TPSA) is 40.1 Å². The van der Waals surface area contributed by atoms with Gasteiger partial charge in [0.15, 0.2) is 0 Å². The minimum atomic E-state index is 0.451. The van der Waals surface area contributed by atoms with Gasteiger partial charge in [-0.1, -0.05) is 17.7 Å².